The Morgan fingerprint density at radius 3 is 2.76 bits per heavy atom. The van der Waals surface area contributed by atoms with Crippen LogP contribution < -0.4 is 4.74 Å². The highest BCUT2D eigenvalue weighted by molar-refractivity contribution is 5.88. The van der Waals surface area contributed by atoms with Crippen LogP contribution in [-0.4, -0.2) is 12.4 Å². The van der Waals surface area contributed by atoms with E-state index in [2.05, 4.69) is 0 Å². The van der Waals surface area contributed by atoms with Gasteiger partial charge in [0.1, 0.15) is 11.5 Å². The standard InChI is InChI=1S/C17H14F2O2/c18-14-6-5-11(9-15(14)19)10-16(20)12-7-8-21-17-4-2-1-3-13(12)17/h1-6,9,12H,7-8,10H2. The molecular formula is C17H14F2O2. The molecular weight excluding hydrogens is 274 g/mol. The molecule has 1 atom stereocenters. The fourth-order valence-corrected chi connectivity index (χ4v) is 2.65. The van der Waals surface area contributed by atoms with Crippen LogP contribution in [0.3, 0.4) is 0 Å². The van der Waals surface area contributed by atoms with Gasteiger partial charge in [-0.25, -0.2) is 8.78 Å². The number of carbonyl (C=O) groups excluding carboxylic acids is 1. The van der Waals surface area contributed by atoms with Crippen molar-refractivity contribution >= 4 is 5.78 Å². The van der Waals surface area contributed by atoms with E-state index < -0.39 is 11.6 Å². The molecule has 1 aliphatic rings. The maximum atomic E-state index is 13.2. The van der Waals surface area contributed by atoms with Crippen molar-refractivity contribution in [3.8, 4) is 5.75 Å². The first-order chi connectivity index (χ1) is 10.1. The molecule has 0 bridgehead atoms. The van der Waals surface area contributed by atoms with E-state index in [1.54, 1.807) is 0 Å². The SMILES string of the molecule is O=C(Cc1ccc(F)c(F)c1)C1CCOc2ccccc21. The third-order valence-corrected chi connectivity index (χ3v) is 3.71. The summed E-state index contributed by atoms with van der Waals surface area (Å²) in [5.74, 6) is -1.34. The van der Waals surface area contributed by atoms with Gasteiger partial charge in [-0.2, -0.15) is 0 Å². The lowest BCUT2D eigenvalue weighted by atomic mass is 9.87. The topological polar surface area (TPSA) is 26.3 Å². The van der Waals surface area contributed by atoms with Gasteiger partial charge in [-0.05, 0) is 30.2 Å². The zero-order valence-electron chi connectivity index (χ0n) is 11.3. The van der Waals surface area contributed by atoms with E-state index in [0.29, 0.717) is 18.6 Å². The molecule has 108 valence electrons. The average Bonchev–Trinajstić information content (AvgIpc) is 2.50. The number of carbonyl (C=O) groups is 1. The lowest BCUT2D eigenvalue weighted by Gasteiger charge is -2.24. The monoisotopic (exact) mass is 288 g/mol. The van der Waals surface area contributed by atoms with E-state index >= 15 is 0 Å². The zero-order valence-corrected chi connectivity index (χ0v) is 11.3. The van der Waals surface area contributed by atoms with Crippen LogP contribution in [0.4, 0.5) is 8.78 Å². The smallest absolute Gasteiger partial charge is 0.159 e. The number of ether oxygens (including phenoxy) is 1. The van der Waals surface area contributed by atoms with Gasteiger partial charge < -0.3 is 4.74 Å². The lowest BCUT2D eigenvalue weighted by molar-refractivity contribution is -0.120. The first-order valence-electron chi connectivity index (χ1n) is 6.83. The highest BCUT2D eigenvalue weighted by atomic mass is 19.2. The summed E-state index contributed by atoms with van der Waals surface area (Å²) in [6.07, 6.45) is 0.704. The largest absolute Gasteiger partial charge is 0.493 e. The molecule has 1 unspecified atom stereocenters. The third-order valence-electron chi connectivity index (χ3n) is 3.71. The van der Waals surface area contributed by atoms with Crippen molar-refractivity contribution < 1.29 is 18.3 Å². The van der Waals surface area contributed by atoms with Crippen molar-refractivity contribution in [1.29, 1.82) is 0 Å². The Labute approximate surface area is 121 Å². The van der Waals surface area contributed by atoms with E-state index in [1.807, 2.05) is 24.3 Å². The van der Waals surface area contributed by atoms with Gasteiger partial charge >= 0.3 is 0 Å². The van der Waals surface area contributed by atoms with E-state index in [0.717, 1.165) is 23.4 Å². The Morgan fingerprint density at radius 2 is 1.95 bits per heavy atom. The number of benzene rings is 2. The van der Waals surface area contributed by atoms with Gasteiger partial charge in [-0.3, -0.25) is 4.79 Å². The van der Waals surface area contributed by atoms with E-state index in [4.69, 9.17) is 4.74 Å². The Kier molecular flexibility index (Phi) is 3.69. The summed E-state index contributed by atoms with van der Waals surface area (Å²) in [4.78, 5) is 12.5. The predicted octanol–water partition coefficient (Wildman–Crippen LogP) is 3.64. The summed E-state index contributed by atoms with van der Waals surface area (Å²) in [7, 11) is 0. The van der Waals surface area contributed by atoms with E-state index in [1.165, 1.54) is 6.07 Å². The minimum atomic E-state index is -0.923. The second-order valence-electron chi connectivity index (χ2n) is 5.12. The molecule has 0 amide bonds. The number of fused-ring (bicyclic) bond motifs is 1. The summed E-state index contributed by atoms with van der Waals surface area (Å²) in [5.41, 5.74) is 1.36. The van der Waals surface area contributed by atoms with Crippen molar-refractivity contribution in [2.75, 3.05) is 6.61 Å². The van der Waals surface area contributed by atoms with Crippen molar-refractivity contribution in [1.82, 2.24) is 0 Å². The molecule has 4 heteroatoms. The summed E-state index contributed by atoms with van der Waals surface area (Å²) >= 11 is 0. The molecule has 2 nitrogen and oxygen atoms in total. The first kappa shape index (κ1) is 13.7. The maximum absolute atomic E-state index is 13.2. The molecule has 0 fully saturated rings. The molecule has 3 rings (SSSR count). The van der Waals surface area contributed by atoms with Gasteiger partial charge in [0, 0.05) is 17.9 Å². The molecule has 0 spiro atoms. The van der Waals surface area contributed by atoms with Crippen molar-refractivity contribution in [2.24, 2.45) is 0 Å². The van der Waals surface area contributed by atoms with Crippen LogP contribution in [0.25, 0.3) is 0 Å². The lowest BCUT2D eigenvalue weighted by Crippen LogP contribution is -2.22. The number of rotatable bonds is 3. The highest BCUT2D eigenvalue weighted by Gasteiger charge is 2.27. The Morgan fingerprint density at radius 1 is 1.14 bits per heavy atom. The van der Waals surface area contributed by atoms with Crippen LogP contribution in [0, 0.1) is 11.6 Å². The molecule has 2 aromatic rings. The minimum absolute atomic E-state index is 0.00300. The second kappa shape index (κ2) is 5.64. The normalized spacial score (nSPS) is 17.0. The van der Waals surface area contributed by atoms with E-state index in [-0.39, 0.29) is 18.1 Å². The fraction of sp³-hybridized carbons (Fsp3) is 0.235. The maximum Gasteiger partial charge on any atom is 0.159 e. The molecule has 0 aliphatic carbocycles. The average molecular weight is 288 g/mol. The fourth-order valence-electron chi connectivity index (χ4n) is 2.65. The number of Topliss-reactive ketones (excluding diaryl/α,β-unsaturated/α-hetero) is 1. The second-order valence-corrected chi connectivity index (χ2v) is 5.12. The van der Waals surface area contributed by atoms with Gasteiger partial charge in [-0.15, -0.1) is 0 Å². The molecule has 1 heterocycles. The summed E-state index contributed by atoms with van der Waals surface area (Å²) in [6.45, 7) is 0.491. The summed E-state index contributed by atoms with van der Waals surface area (Å²) in [5, 5.41) is 0. The van der Waals surface area contributed by atoms with Gasteiger partial charge in [0.2, 0.25) is 0 Å². The molecule has 0 aromatic heterocycles. The predicted molar refractivity (Wildman–Crippen MR) is 74.4 cm³/mol. The molecule has 2 aromatic carbocycles. The molecule has 0 saturated carbocycles. The van der Waals surface area contributed by atoms with Gasteiger partial charge in [-0.1, -0.05) is 24.3 Å². The highest BCUT2D eigenvalue weighted by Crippen LogP contribution is 2.34. The van der Waals surface area contributed by atoms with Crippen LogP contribution in [0.15, 0.2) is 42.5 Å². The van der Waals surface area contributed by atoms with E-state index in [9.17, 15) is 13.6 Å². The number of halogens is 2. The Bertz CT molecular complexity index is 682. The molecule has 0 saturated heterocycles. The minimum Gasteiger partial charge on any atom is -0.493 e. The summed E-state index contributed by atoms with van der Waals surface area (Å²) < 4.78 is 31.6. The molecule has 0 N–H and O–H groups in total. The zero-order chi connectivity index (χ0) is 14.8. The van der Waals surface area contributed by atoms with Crippen LogP contribution in [0.5, 0.6) is 5.75 Å². The molecule has 21 heavy (non-hydrogen) atoms. The number of ketones is 1. The van der Waals surface area contributed by atoms with Gasteiger partial charge in [0.05, 0.1) is 6.61 Å². The summed E-state index contributed by atoms with van der Waals surface area (Å²) in [6, 6.07) is 11.0. The van der Waals surface area contributed by atoms with Crippen LogP contribution in [0.2, 0.25) is 0 Å². The first-order valence-corrected chi connectivity index (χ1v) is 6.83. The number of hydrogen-bond donors (Lipinski definition) is 0. The van der Waals surface area contributed by atoms with Crippen LogP contribution in [-0.2, 0) is 11.2 Å². The van der Waals surface area contributed by atoms with Crippen molar-refractivity contribution in [3.63, 3.8) is 0 Å². The van der Waals surface area contributed by atoms with Crippen molar-refractivity contribution in [3.05, 3.63) is 65.2 Å². The number of para-hydroxylation sites is 1. The Hall–Kier alpha value is -2.23. The molecule has 0 radical (unpaired) electrons. The third kappa shape index (κ3) is 2.79. The van der Waals surface area contributed by atoms with Gasteiger partial charge in [0.15, 0.2) is 11.6 Å². The van der Waals surface area contributed by atoms with Gasteiger partial charge in [0.25, 0.3) is 0 Å². The van der Waals surface area contributed by atoms with Crippen LogP contribution in [0.1, 0.15) is 23.5 Å². The van der Waals surface area contributed by atoms with Crippen LogP contribution >= 0.6 is 0 Å². The quantitative estimate of drug-likeness (QED) is 0.862. The molecule has 1 aliphatic heterocycles. The van der Waals surface area contributed by atoms with Crippen molar-refractivity contribution in [2.45, 2.75) is 18.8 Å². The Balaban J connectivity index is 1.81. The number of hydrogen-bond acceptors (Lipinski definition) is 2.